The second-order valence-corrected chi connectivity index (χ2v) is 10.8. The minimum Gasteiger partial charge on any atom is -0.378 e. The number of amides is 1. The second kappa shape index (κ2) is 10.0. The van der Waals surface area contributed by atoms with E-state index in [0.717, 1.165) is 9.87 Å². The van der Waals surface area contributed by atoms with Crippen LogP contribution in [0.15, 0.2) is 70.0 Å². The van der Waals surface area contributed by atoms with Crippen LogP contribution in [0, 0.1) is 0 Å². The molecule has 4 rings (SSSR count). The van der Waals surface area contributed by atoms with Crippen molar-refractivity contribution in [1.29, 1.82) is 0 Å². The number of carbonyl (C=O) groups is 1. The number of rotatable bonds is 6. The molecular formula is C23H26N4O4S2. The number of sulfonamides is 1. The zero-order valence-corrected chi connectivity index (χ0v) is 20.2. The van der Waals surface area contributed by atoms with Gasteiger partial charge in [-0.1, -0.05) is 30.3 Å². The maximum Gasteiger partial charge on any atom is 0.281 e. The summed E-state index contributed by atoms with van der Waals surface area (Å²) in [6.45, 7) is 2.91. The molecule has 3 aromatic rings. The van der Waals surface area contributed by atoms with Gasteiger partial charge in [-0.2, -0.15) is 4.99 Å². The molecule has 1 saturated heterocycles. The number of hydrogen-bond donors (Lipinski definition) is 0. The minimum atomic E-state index is -3.70. The van der Waals surface area contributed by atoms with E-state index in [1.54, 1.807) is 6.07 Å². The van der Waals surface area contributed by atoms with Gasteiger partial charge in [0.1, 0.15) is 0 Å². The summed E-state index contributed by atoms with van der Waals surface area (Å²) in [5, 5.41) is 1.88. The number of anilines is 1. The zero-order chi connectivity index (χ0) is 23.4. The fourth-order valence-corrected chi connectivity index (χ4v) is 5.23. The Balaban J connectivity index is 1.75. The molecule has 1 aliphatic rings. The van der Waals surface area contributed by atoms with Gasteiger partial charge in [0.15, 0.2) is 4.80 Å². The summed E-state index contributed by atoms with van der Waals surface area (Å²) in [4.78, 5) is 20.4. The van der Waals surface area contributed by atoms with Gasteiger partial charge in [-0.3, -0.25) is 4.79 Å². The van der Waals surface area contributed by atoms with Crippen LogP contribution >= 0.6 is 11.3 Å². The number of hydrogen-bond acceptors (Lipinski definition) is 6. The van der Waals surface area contributed by atoms with Crippen molar-refractivity contribution >= 4 is 33.0 Å². The number of nitrogens with zero attached hydrogens (tertiary/aromatic N) is 4. The van der Waals surface area contributed by atoms with E-state index in [0.29, 0.717) is 43.3 Å². The molecule has 0 bridgehead atoms. The number of morpholine rings is 1. The van der Waals surface area contributed by atoms with Gasteiger partial charge in [0, 0.05) is 51.0 Å². The number of benzene rings is 2. The van der Waals surface area contributed by atoms with Crippen molar-refractivity contribution < 1.29 is 17.9 Å². The quantitative estimate of drug-likeness (QED) is 0.534. The molecule has 33 heavy (non-hydrogen) atoms. The number of carbonyl (C=O) groups excluding carboxylic acids is 1. The van der Waals surface area contributed by atoms with E-state index in [9.17, 15) is 13.2 Å². The Hall–Kier alpha value is -2.79. The fourth-order valence-electron chi connectivity index (χ4n) is 3.57. The largest absolute Gasteiger partial charge is 0.378 e. The van der Waals surface area contributed by atoms with Gasteiger partial charge in [0.05, 0.1) is 23.7 Å². The highest BCUT2D eigenvalue weighted by Gasteiger charge is 2.24. The Labute approximate surface area is 197 Å². The van der Waals surface area contributed by atoms with Crippen molar-refractivity contribution in [2.75, 3.05) is 45.3 Å². The predicted octanol–water partition coefficient (Wildman–Crippen LogP) is 2.43. The van der Waals surface area contributed by atoms with E-state index in [1.165, 1.54) is 37.6 Å². The molecule has 8 nitrogen and oxygen atoms in total. The van der Waals surface area contributed by atoms with Crippen molar-refractivity contribution in [2.45, 2.75) is 11.4 Å². The van der Waals surface area contributed by atoms with Crippen LogP contribution in [0.2, 0.25) is 0 Å². The molecule has 1 amide bonds. The third kappa shape index (κ3) is 5.25. The van der Waals surface area contributed by atoms with Crippen molar-refractivity contribution in [3.05, 3.63) is 76.0 Å². The predicted molar refractivity (Wildman–Crippen MR) is 128 cm³/mol. The Morgan fingerprint density at radius 3 is 2.55 bits per heavy atom. The normalized spacial score (nSPS) is 15.2. The Morgan fingerprint density at radius 1 is 1.12 bits per heavy atom. The van der Waals surface area contributed by atoms with Gasteiger partial charge in [-0.25, -0.2) is 12.7 Å². The lowest BCUT2D eigenvalue weighted by atomic mass is 10.1. The molecule has 2 aromatic carbocycles. The van der Waals surface area contributed by atoms with Gasteiger partial charge in [-0.05, 0) is 23.8 Å². The van der Waals surface area contributed by atoms with Gasteiger partial charge in [-0.15, -0.1) is 11.3 Å². The minimum absolute atomic E-state index is 0.0615. The molecule has 0 aliphatic carbocycles. The van der Waals surface area contributed by atoms with E-state index in [4.69, 9.17) is 4.74 Å². The first-order valence-electron chi connectivity index (χ1n) is 10.5. The Kier molecular flexibility index (Phi) is 7.08. The molecule has 0 N–H and O–H groups in total. The van der Waals surface area contributed by atoms with Crippen LogP contribution in [0.25, 0.3) is 0 Å². The first-order chi connectivity index (χ1) is 15.9. The molecule has 0 saturated carbocycles. The molecule has 0 radical (unpaired) electrons. The zero-order valence-electron chi connectivity index (χ0n) is 18.5. The van der Waals surface area contributed by atoms with E-state index in [2.05, 4.69) is 4.99 Å². The van der Waals surface area contributed by atoms with Crippen molar-refractivity contribution in [3.63, 3.8) is 0 Å². The average Bonchev–Trinajstić information content (AvgIpc) is 3.26. The molecular weight excluding hydrogens is 460 g/mol. The summed E-state index contributed by atoms with van der Waals surface area (Å²) in [6, 6.07) is 14.6. The van der Waals surface area contributed by atoms with Gasteiger partial charge >= 0.3 is 0 Å². The first-order valence-corrected chi connectivity index (χ1v) is 12.8. The van der Waals surface area contributed by atoms with Crippen molar-refractivity contribution in [1.82, 2.24) is 8.87 Å². The van der Waals surface area contributed by atoms with Gasteiger partial charge in [0.2, 0.25) is 10.0 Å². The monoisotopic (exact) mass is 486 g/mol. The molecule has 1 fully saturated rings. The summed E-state index contributed by atoms with van der Waals surface area (Å²) in [5.41, 5.74) is 2.02. The maximum absolute atomic E-state index is 13.4. The first kappa shape index (κ1) is 23.4. The molecule has 0 unspecified atom stereocenters. The lowest BCUT2D eigenvalue weighted by molar-refractivity contribution is 0.0995. The lowest BCUT2D eigenvalue weighted by Gasteiger charge is -2.30. The molecule has 2 heterocycles. The highest BCUT2D eigenvalue weighted by Crippen LogP contribution is 2.27. The fraction of sp³-hybridized carbons (Fsp3) is 0.304. The SMILES string of the molecule is CN(C)S(=O)(=O)c1ccc(N2CCOCC2)c(C(=O)N=c2sccn2Cc2ccccc2)c1. The topological polar surface area (TPSA) is 84.2 Å². The molecule has 0 atom stereocenters. The molecule has 0 spiro atoms. The molecule has 1 aliphatic heterocycles. The van der Waals surface area contributed by atoms with Crippen LogP contribution in [-0.4, -0.2) is 63.6 Å². The third-order valence-electron chi connectivity index (χ3n) is 5.38. The van der Waals surface area contributed by atoms with Crippen LogP contribution in [0.5, 0.6) is 0 Å². The highest BCUT2D eigenvalue weighted by atomic mass is 32.2. The maximum atomic E-state index is 13.4. The Morgan fingerprint density at radius 2 is 1.85 bits per heavy atom. The van der Waals surface area contributed by atoms with E-state index in [1.807, 2.05) is 51.4 Å². The highest BCUT2D eigenvalue weighted by molar-refractivity contribution is 7.89. The molecule has 10 heteroatoms. The van der Waals surface area contributed by atoms with Gasteiger partial charge in [0.25, 0.3) is 5.91 Å². The lowest BCUT2D eigenvalue weighted by Crippen LogP contribution is -2.37. The van der Waals surface area contributed by atoms with Crippen molar-refractivity contribution in [2.24, 2.45) is 4.99 Å². The summed E-state index contributed by atoms with van der Waals surface area (Å²) in [6.07, 6.45) is 1.89. The van der Waals surface area contributed by atoms with E-state index < -0.39 is 15.9 Å². The summed E-state index contributed by atoms with van der Waals surface area (Å²) < 4.78 is 33.9. The molecule has 1 aromatic heterocycles. The van der Waals surface area contributed by atoms with Crippen molar-refractivity contribution in [3.8, 4) is 0 Å². The van der Waals surface area contributed by atoms with Crippen LogP contribution in [-0.2, 0) is 21.3 Å². The van der Waals surface area contributed by atoms with Crippen LogP contribution in [0.4, 0.5) is 5.69 Å². The van der Waals surface area contributed by atoms with E-state index in [-0.39, 0.29) is 10.5 Å². The second-order valence-electron chi connectivity index (χ2n) is 7.78. The standard InChI is InChI=1S/C23H26N4O4S2/c1-25(2)33(29,30)19-8-9-21(26-10-13-31-14-11-26)20(16-19)22(28)24-23-27(12-15-32-23)17-18-6-4-3-5-7-18/h3-9,12,15-16H,10-11,13-14,17H2,1-2H3. The summed E-state index contributed by atoms with van der Waals surface area (Å²) in [5.74, 6) is -0.475. The summed E-state index contributed by atoms with van der Waals surface area (Å²) in [7, 11) is -0.763. The van der Waals surface area contributed by atoms with E-state index >= 15 is 0 Å². The molecule has 174 valence electrons. The third-order valence-corrected chi connectivity index (χ3v) is 7.99. The summed E-state index contributed by atoms with van der Waals surface area (Å²) >= 11 is 1.36. The number of thiazole rings is 1. The van der Waals surface area contributed by atoms with Crippen LogP contribution < -0.4 is 9.70 Å². The average molecular weight is 487 g/mol. The van der Waals surface area contributed by atoms with Crippen LogP contribution in [0.1, 0.15) is 15.9 Å². The Bertz CT molecular complexity index is 1290. The number of ether oxygens (including phenoxy) is 1. The van der Waals surface area contributed by atoms with Crippen LogP contribution in [0.3, 0.4) is 0 Å². The van der Waals surface area contributed by atoms with Gasteiger partial charge < -0.3 is 14.2 Å². The smallest absolute Gasteiger partial charge is 0.281 e. The number of aromatic nitrogens is 1.